The number of nitrogens with zero attached hydrogens (tertiary/aromatic N) is 2. The number of anilines is 2. The van der Waals surface area contributed by atoms with Crippen molar-refractivity contribution < 1.29 is 4.79 Å². The number of benzene rings is 2. The van der Waals surface area contributed by atoms with Crippen LogP contribution >= 0.6 is 0 Å². The molecular formula is C21H22N2O. The highest BCUT2D eigenvalue weighted by Crippen LogP contribution is 2.37. The summed E-state index contributed by atoms with van der Waals surface area (Å²) in [6.07, 6.45) is 4.58. The first-order valence-electron chi connectivity index (χ1n) is 8.76. The summed E-state index contributed by atoms with van der Waals surface area (Å²) in [5, 5.41) is 0. The lowest BCUT2D eigenvalue weighted by molar-refractivity contribution is -0.112. The van der Waals surface area contributed by atoms with Gasteiger partial charge in [-0.3, -0.25) is 4.79 Å². The molecule has 0 atom stereocenters. The fourth-order valence-electron chi connectivity index (χ4n) is 3.68. The number of likely N-dealkylation sites (N-methyl/N-ethyl adjacent to an activating group) is 1. The van der Waals surface area contributed by atoms with Gasteiger partial charge >= 0.3 is 0 Å². The molecule has 0 saturated carbocycles. The molecule has 2 aromatic carbocycles. The highest BCUT2D eigenvalue weighted by molar-refractivity contribution is 6.35. The van der Waals surface area contributed by atoms with Gasteiger partial charge < -0.3 is 9.80 Å². The van der Waals surface area contributed by atoms with Gasteiger partial charge in [0.15, 0.2) is 0 Å². The fourth-order valence-corrected chi connectivity index (χ4v) is 3.68. The summed E-state index contributed by atoms with van der Waals surface area (Å²) >= 11 is 0. The van der Waals surface area contributed by atoms with Gasteiger partial charge in [0.1, 0.15) is 0 Å². The van der Waals surface area contributed by atoms with Crippen molar-refractivity contribution in [1.29, 1.82) is 0 Å². The van der Waals surface area contributed by atoms with Gasteiger partial charge in [-0.25, -0.2) is 0 Å². The van der Waals surface area contributed by atoms with Crippen LogP contribution in [-0.4, -0.2) is 25.5 Å². The van der Waals surface area contributed by atoms with Gasteiger partial charge in [-0.2, -0.15) is 0 Å². The van der Waals surface area contributed by atoms with Crippen LogP contribution < -0.4 is 9.80 Å². The van der Waals surface area contributed by atoms with Gasteiger partial charge in [-0.05, 0) is 49.6 Å². The molecule has 1 fully saturated rings. The van der Waals surface area contributed by atoms with Gasteiger partial charge in [0.05, 0.1) is 5.69 Å². The Bertz CT molecular complexity index is 786. The van der Waals surface area contributed by atoms with E-state index in [4.69, 9.17) is 0 Å². The van der Waals surface area contributed by atoms with Crippen molar-refractivity contribution in [3.63, 3.8) is 0 Å². The van der Waals surface area contributed by atoms with Crippen LogP contribution in [0.2, 0.25) is 0 Å². The largest absolute Gasteiger partial charge is 0.372 e. The van der Waals surface area contributed by atoms with Crippen molar-refractivity contribution in [1.82, 2.24) is 0 Å². The quantitative estimate of drug-likeness (QED) is 0.792. The molecule has 0 aromatic heterocycles. The van der Waals surface area contributed by atoms with Gasteiger partial charge in [0, 0.05) is 36.5 Å². The van der Waals surface area contributed by atoms with Crippen LogP contribution in [-0.2, 0) is 4.79 Å². The maximum Gasteiger partial charge on any atom is 0.258 e. The van der Waals surface area contributed by atoms with E-state index in [1.807, 2.05) is 42.2 Å². The highest BCUT2D eigenvalue weighted by atomic mass is 16.2. The third-order valence-electron chi connectivity index (χ3n) is 4.95. The minimum Gasteiger partial charge on any atom is -0.372 e. The van der Waals surface area contributed by atoms with Gasteiger partial charge in [-0.15, -0.1) is 0 Å². The zero-order chi connectivity index (χ0) is 16.5. The first-order chi connectivity index (χ1) is 11.8. The third kappa shape index (κ3) is 2.50. The number of carbonyl (C=O) groups excluding carboxylic acids is 1. The molecule has 2 heterocycles. The van der Waals surface area contributed by atoms with Crippen molar-refractivity contribution in [2.24, 2.45) is 0 Å². The molecule has 0 spiro atoms. The average molecular weight is 318 g/mol. The van der Waals surface area contributed by atoms with Crippen molar-refractivity contribution >= 4 is 28.9 Å². The molecule has 3 heteroatoms. The second-order valence-corrected chi connectivity index (χ2v) is 6.41. The summed E-state index contributed by atoms with van der Waals surface area (Å²) in [5.74, 6) is 0.0994. The van der Waals surface area contributed by atoms with Crippen molar-refractivity contribution in [2.45, 2.75) is 19.8 Å². The summed E-state index contributed by atoms with van der Waals surface area (Å²) in [7, 11) is 0. The van der Waals surface area contributed by atoms with Crippen LogP contribution in [0, 0.1) is 0 Å². The van der Waals surface area contributed by atoms with Crippen LogP contribution in [0.1, 0.15) is 30.9 Å². The smallest absolute Gasteiger partial charge is 0.258 e. The second-order valence-electron chi connectivity index (χ2n) is 6.41. The summed E-state index contributed by atoms with van der Waals surface area (Å²) in [4.78, 5) is 17.0. The van der Waals surface area contributed by atoms with Crippen LogP contribution in [0.25, 0.3) is 11.6 Å². The average Bonchev–Trinajstić information content (AvgIpc) is 3.23. The lowest BCUT2D eigenvalue weighted by atomic mass is 10.0. The Morgan fingerprint density at radius 2 is 1.71 bits per heavy atom. The molecule has 0 N–H and O–H groups in total. The summed E-state index contributed by atoms with van der Waals surface area (Å²) in [6.45, 7) is 5.01. The summed E-state index contributed by atoms with van der Waals surface area (Å²) in [5.41, 5.74) is 5.20. The molecule has 3 nitrogen and oxygen atoms in total. The molecule has 2 aliphatic rings. The Labute approximate surface area is 143 Å². The summed E-state index contributed by atoms with van der Waals surface area (Å²) < 4.78 is 0. The molecule has 4 rings (SSSR count). The van der Waals surface area contributed by atoms with Crippen LogP contribution in [0.5, 0.6) is 0 Å². The Morgan fingerprint density at radius 1 is 1.00 bits per heavy atom. The molecule has 0 bridgehead atoms. The second kappa shape index (κ2) is 6.16. The molecule has 24 heavy (non-hydrogen) atoms. The van der Waals surface area contributed by atoms with E-state index in [1.165, 1.54) is 18.5 Å². The van der Waals surface area contributed by atoms with Crippen molar-refractivity contribution in [2.75, 3.05) is 29.4 Å². The van der Waals surface area contributed by atoms with E-state index in [0.717, 1.165) is 35.5 Å². The van der Waals surface area contributed by atoms with Gasteiger partial charge in [0.25, 0.3) is 5.91 Å². The lowest BCUT2D eigenvalue weighted by Crippen LogP contribution is -2.25. The molecule has 1 saturated heterocycles. The predicted molar refractivity (Wildman–Crippen MR) is 100 cm³/mol. The number of carbonyl (C=O) groups is 1. The molecule has 1 amide bonds. The van der Waals surface area contributed by atoms with E-state index in [0.29, 0.717) is 6.54 Å². The van der Waals surface area contributed by atoms with Crippen LogP contribution in [0.4, 0.5) is 11.4 Å². The molecule has 122 valence electrons. The number of fused-ring (bicyclic) bond motifs is 1. The van der Waals surface area contributed by atoms with E-state index < -0.39 is 0 Å². The number of rotatable bonds is 3. The fraction of sp³-hybridized carbons (Fsp3) is 0.286. The SMILES string of the molecule is CCN1C(=O)/C(=C\c2ccc(N3CCCC3)cc2)c2ccccc21. The number of hydrogen-bond acceptors (Lipinski definition) is 2. The Kier molecular flexibility index (Phi) is 3.85. The van der Waals surface area contributed by atoms with Crippen LogP contribution in [0.15, 0.2) is 48.5 Å². The minimum absolute atomic E-state index is 0.0994. The number of amides is 1. The van der Waals surface area contributed by atoms with E-state index in [2.05, 4.69) is 29.2 Å². The van der Waals surface area contributed by atoms with Crippen LogP contribution in [0.3, 0.4) is 0 Å². The number of hydrogen-bond donors (Lipinski definition) is 0. The van der Waals surface area contributed by atoms with Crippen molar-refractivity contribution in [3.8, 4) is 0 Å². The number of para-hydroxylation sites is 1. The maximum atomic E-state index is 12.7. The highest BCUT2D eigenvalue weighted by Gasteiger charge is 2.30. The first kappa shape index (κ1) is 15.0. The predicted octanol–water partition coefficient (Wildman–Crippen LogP) is 4.19. The van der Waals surface area contributed by atoms with Crippen molar-refractivity contribution in [3.05, 3.63) is 59.7 Å². The minimum atomic E-state index is 0.0994. The monoisotopic (exact) mass is 318 g/mol. The van der Waals surface area contributed by atoms with Gasteiger partial charge in [-0.1, -0.05) is 30.3 Å². The topological polar surface area (TPSA) is 23.6 Å². The van der Waals surface area contributed by atoms with E-state index >= 15 is 0 Å². The molecule has 2 aliphatic heterocycles. The molecular weight excluding hydrogens is 296 g/mol. The molecule has 0 unspecified atom stereocenters. The van der Waals surface area contributed by atoms with E-state index in [1.54, 1.807) is 0 Å². The normalized spacial score (nSPS) is 18.5. The Morgan fingerprint density at radius 3 is 2.42 bits per heavy atom. The zero-order valence-corrected chi connectivity index (χ0v) is 14.0. The Hall–Kier alpha value is -2.55. The van der Waals surface area contributed by atoms with E-state index in [-0.39, 0.29) is 5.91 Å². The molecule has 0 aliphatic carbocycles. The maximum absolute atomic E-state index is 12.7. The van der Waals surface area contributed by atoms with Gasteiger partial charge in [0.2, 0.25) is 0 Å². The van der Waals surface area contributed by atoms with E-state index in [9.17, 15) is 4.79 Å². The Balaban J connectivity index is 1.66. The third-order valence-corrected chi connectivity index (χ3v) is 4.95. The zero-order valence-electron chi connectivity index (χ0n) is 14.0. The molecule has 2 aromatic rings. The summed E-state index contributed by atoms with van der Waals surface area (Å²) in [6, 6.07) is 16.6. The molecule has 0 radical (unpaired) electrons. The first-order valence-corrected chi connectivity index (χ1v) is 8.76. The standard InChI is InChI=1S/C21H22N2O/c1-2-23-20-8-4-3-7-18(20)19(21(23)24)15-16-9-11-17(12-10-16)22-13-5-6-14-22/h3-4,7-12,15H,2,5-6,13-14H2,1H3/b19-15-. The lowest BCUT2D eigenvalue weighted by Gasteiger charge is -2.17.